The smallest absolute Gasteiger partial charge is 0.234 e. The summed E-state index contributed by atoms with van der Waals surface area (Å²) < 4.78 is 0. The Balaban J connectivity index is 1.40. The van der Waals surface area contributed by atoms with Crippen molar-refractivity contribution in [2.24, 2.45) is 0 Å². The number of nitrogens with zero attached hydrogens (tertiary/aromatic N) is 2. The van der Waals surface area contributed by atoms with E-state index in [1.807, 2.05) is 92.7 Å². The second-order valence-electron chi connectivity index (χ2n) is 9.68. The molecule has 0 aliphatic carbocycles. The van der Waals surface area contributed by atoms with Gasteiger partial charge in [-0.3, -0.25) is 4.79 Å². The zero-order chi connectivity index (χ0) is 27.5. The van der Waals surface area contributed by atoms with E-state index in [0.29, 0.717) is 5.82 Å². The van der Waals surface area contributed by atoms with Gasteiger partial charge in [-0.15, -0.1) is 0 Å². The molecule has 0 aliphatic heterocycles. The van der Waals surface area contributed by atoms with E-state index in [0.717, 1.165) is 60.8 Å². The minimum atomic E-state index is -0.0716. The van der Waals surface area contributed by atoms with E-state index in [1.165, 1.54) is 11.8 Å². The van der Waals surface area contributed by atoms with Gasteiger partial charge in [-0.2, -0.15) is 0 Å². The number of aromatic amines is 1. The molecule has 1 amide bonds. The number of anilines is 1. The van der Waals surface area contributed by atoms with Crippen molar-refractivity contribution in [1.29, 1.82) is 0 Å². The van der Waals surface area contributed by atoms with Gasteiger partial charge in [0.05, 0.1) is 28.2 Å². The van der Waals surface area contributed by atoms with Crippen molar-refractivity contribution in [2.45, 2.75) is 18.9 Å². The molecule has 6 heteroatoms. The van der Waals surface area contributed by atoms with Gasteiger partial charge in [0.2, 0.25) is 5.91 Å². The number of hydrogen-bond donors (Lipinski definition) is 2. The number of carbonyl (C=O) groups excluding carboxylic acids is 1. The molecule has 0 atom stereocenters. The van der Waals surface area contributed by atoms with E-state index in [1.54, 1.807) is 0 Å². The molecule has 2 heterocycles. The zero-order valence-corrected chi connectivity index (χ0v) is 23.1. The van der Waals surface area contributed by atoms with Gasteiger partial charge in [-0.25, -0.2) is 9.97 Å². The molecule has 40 heavy (non-hydrogen) atoms. The first-order chi connectivity index (χ1) is 19.6. The first-order valence-electron chi connectivity index (χ1n) is 13.2. The Hall–Kier alpha value is -4.68. The van der Waals surface area contributed by atoms with E-state index < -0.39 is 0 Å². The molecule has 6 rings (SSSR count). The van der Waals surface area contributed by atoms with Gasteiger partial charge >= 0.3 is 0 Å². The van der Waals surface area contributed by atoms with E-state index in [9.17, 15) is 4.79 Å². The highest BCUT2D eigenvalue weighted by molar-refractivity contribution is 8.00. The largest absolute Gasteiger partial charge is 0.337 e. The van der Waals surface area contributed by atoms with Gasteiger partial charge in [0.25, 0.3) is 0 Å². The summed E-state index contributed by atoms with van der Waals surface area (Å²) in [6.45, 7) is 4.01. The number of imidazole rings is 1. The second kappa shape index (κ2) is 11.2. The maximum atomic E-state index is 13.0. The Morgan fingerprint density at radius 1 is 0.775 bits per heavy atom. The lowest BCUT2D eigenvalue weighted by atomic mass is 10.1. The summed E-state index contributed by atoms with van der Waals surface area (Å²) in [6.07, 6.45) is 0. The predicted octanol–water partition coefficient (Wildman–Crippen LogP) is 8.31. The topological polar surface area (TPSA) is 70.7 Å². The fraction of sp³-hybridized carbons (Fsp3) is 0.0882. The SMILES string of the molecule is Cc1cccc(C)c1NC(=O)CSc1nc2ccccc2cc1-c1nc(-c2ccccc2)c(-c2ccccc2)[nH]1. The monoisotopic (exact) mass is 540 g/mol. The van der Waals surface area contributed by atoms with Crippen molar-refractivity contribution in [3.8, 4) is 33.9 Å². The lowest BCUT2D eigenvalue weighted by Crippen LogP contribution is -2.16. The Kier molecular flexibility index (Phi) is 7.17. The molecule has 196 valence electrons. The van der Waals surface area contributed by atoms with Crippen LogP contribution in [0.4, 0.5) is 5.69 Å². The fourth-order valence-corrected chi connectivity index (χ4v) is 5.63. The van der Waals surface area contributed by atoms with Crippen LogP contribution < -0.4 is 5.32 Å². The number of fused-ring (bicyclic) bond motifs is 1. The summed E-state index contributed by atoms with van der Waals surface area (Å²) in [5, 5.41) is 4.86. The minimum Gasteiger partial charge on any atom is -0.337 e. The first kappa shape index (κ1) is 25.6. The molecule has 0 bridgehead atoms. The van der Waals surface area contributed by atoms with Crippen molar-refractivity contribution >= 4 is 34.3 Å². The van der Waals surface area contributed by atoms with Gasteiger partial charge in [-0.05, 0) is 37.1 Å². The quantitative estimate of drug-likeness (QED) is 0.200. The Bertz CT molecular complexity index is 1740. The summed E-state index contributed by atoms with van der Waals surface area (Å²) >= 11 is 1.42. The molecule has 2 aromatic heterocycles. The van der Waals surface area contributed by atoms with Crippen molar-refractivity contribution in [3.05, 3.63) is 120 Å². The van der Waals surface area contributed by atoms with Gasteiger partial charge < -0.3 is 10.3 Å². The highest BCUT2D eigenvalue weighted by atomic mass is 32.2. The van der Waals surface area contributed by atoms with Crippen molar-refractivity contribution in [2.75, 3.05) is 11.1 Å². The third-order valence-corrected chi connectivity index (χ3v) is 7.83. The van der Waals surface area contributed by atoms with Gasteiger partial charge in [0.15, 0.2) is 0 Å². The number of amides is 1. The number of nitrogens with one attached hydrogen (secondary N) is 2. The van der Waals surface area contributed by atoms with E-state index in [2.05, 4.69) is 40.6 Å². The molecular weight excluding hydrogens is 512 g/mol. The van der Waals surface area contributed by atoms with Crippen LogP contribution in [0.2, 0.25) is 0 Å². The summed E-state index contributed by atoms with van der Waals surface area (Å²) in [5.74, 6) is 0.871. The number of H-pyrrole nitrogens is 1. The number of thioether (sulfide) groups is 1. The molecule has 0 aliphatic rings. The number of rotatable bonds is 7. The number of aromatic nitrogens is 3. The third-order valence-electron chi connectivity index (χ3n) is 6.84. The van der Waals surface area contributed by atoms with Crippen LogP contribution in [0.15, 0.2) is 114 Å². The number of para-hydroxylation sites is 2. The lowest BCUT2D eigenvalue weighted by molar-refractivity contribution is -0.113. The number of carbonyl (C=O) groups is 1. The second-order valence-corrected chi connectivity index (χ2v) is 10.6. The summed E-state index contributed by atoms with van der Waals surface area (Å²) in [6, 6.07) is 36.5. The number of pyridine rings is 1. The molecule has 0 saturated carbocycles. The van der Waals surface area contributed by atoms with Crippen LogP contribution >= 0.6 is 11.8 Å². The maximum Gasteiger partial charge on any atom is 0.234 e. The van der Waals surface area contributed by atoms with Crippen LogP contribution in [-0.2, 0) is 4.79 Å². The van der Waals surface area contributed by atoms with Crippen molar-refractivity contribution in [3.63, 3.8) is 0 Å². The first-order valence-corrected chi connectivity index (χ1v) is 14.2. The van der Waals surface area contributed by atoms with E-state index >= 15 is 0 Å². The Labute approximate surface area is 237 Å². The molecule has 0 fully saturated rings. The third kappa shape index (κ3) is 5.26. The predicted molar refractivity (Wildman–Crippen MR) is 165 cm³/mol. The van der Waals surface area contributed by atoms with Crippen LogP contribution in [0.1, 0.15) is 11.1 Å². The number of aryl methyl sites for hydroxylation is 2. The van der Waals surface area contributed by atoms with Crippen molar-refractivity contribution in [1.82, 2.24) is 15.0 Å². The molecule has 5 nitrogen and oxygen atoms in total. The molecule has 4 aromatic carbocycles. The summed E-state index contributed by atoms with van der Waals surface area (Å²) in [4.78, 5) is 26.7. The highest BCUT2D eigenvalue weighted by Crippen LogP contribution is 2.37. The number of hydrogen-bond acceptors (Lipinski definition) is 4. The van der Waals surface area contributed by atoms with Gasteiger partial charge in [0.1, 0.15) is 10.9 Å². The Morgan fingerprint density at radius 3 is 2.15 bits per heavy atom. The summed E-state index contributed by atoms with van der Waals surface area (Å²) in [5.41, 5.74) is 8.59. The average molecular weight is 541 g/mol. The highest BCUT2D eigenvalue weighted by Gasteiger charge is 2.19. The van der Waals surface area contributed by atoms with Crippen LogP contribution in [0.5, 0.6) is 0 Å². The maximum absolute atomic E-state index is 13.0. The van der Waals surface area contributed by atoms with E-state index in [4.69, 9.17) is 9.97 Å². The molecule has 0 spiro atoms. The molecule has 2 N–H and O–H groups in total. The van der Waals surface area contributed by atoms with Gasteiger partial charge in [-0.1, -0.05) is 109 Å². The minimum absolute atomic E-state index is 0.0716. The van der Waals surface area contributed by atoms with Gasteiger partial charge in [0, 0.05) is 22.2 Å². The van der Waals surface area contributed by atoms with Crippen LogP contribution in [0, 0.1) is 13.8 Å². The van der Waals surface area contributed by atoms with Crippen LogP contribution in [0.3, 0.4) is 0 Å². The molecular formula is C34H28N4OS. The molecule has 0 unspecified atom stereocenters. The van der Waals surface area contributed by atoms with Crippen LogP contribution in [0.25, 0.3) is 44.8 Å². The van der Waals surface area contributed by atoms with E-state index in [-0.39, 0.29) is 11.7 Å². The fourth-order valence-electron chi connectivity index (χ4n) is 4.82. The average Bonchev–Trinajstić information content (AvgIpc) is 3.44. The van der Waals surface area contributed by atoms with Crippen LogP contribution in [-0.4, -0.2) is 26.6 Å². The standard InChI is InChI=1S/C34H28N4OS/c1-22-12-11-13-23(2)30(22)36-29(39)21-40-34-27(20-26-18-9-10-19-28(26)35-34)33-37-31(24-14-5-3-6-15-24)32(38-33)25-16-7-4-8-17-25/h3-20H,21H2,1-2H3,(H,36,39)(H,37,38). The lowest BCUT2D eigenvalue weighted by Gasteiger charge is -2.12. The molecule has 0 saturated heterocycles. The normalized spacial score (nSPS) is 11.1. The van der Waals surface area contributed by atoms with Crippen molar-refractivity contribution < 1.29 is 4.79 Å². The molecule has 6 aromatic rings. The summed E-state index contributed by atoms with van der Waals surface area (Å²) in [7, 11) is 0. The Morgan fingerprint density at radius 2 is 1.43 bits per heavy atom. The molecule has 0 radical (unpaired) electrons. The zero-order valence-electron chi connectivity index (χ0n) is 22.3. The number of benzene rings is 4.